The van der Waals surface area contributed by atoms with Crippen LogP contribution in [0.2, 0.25) is 0 Å². The van der Waals surface area contributed by atoms with E-state index in [-0.39, 0.29) is 5.91 Å². The van der Waals surface area contributed by atoms with E-state index in [0.717, 1.165) is 27.5 Å². The van der Waals surface area contributed by atoms with Gasteiger partial charge in [0.05, 0.1) is 23.3 Å². The van der Waals surface area contributed by atoms with Gasteiger partial charge >= 0.3 is 0 Å². The Kier molecular flexibility index (Phi) is 2.91. The van der Waals surface area contributed by atoms with Gasteiger partial charge < -0.3 is 15.3 Å². The van der Waals surface area contributed by atoms with Crippen molar-refractivity contribution in [3.8, 4) is 11.1 Å². The molecule has 3 heterocycles. The van der Waals surface area contributed by atoms with Crippen molar-refractivity contribution < 1.29 is 9.18 Å². The topological polar surface area (TPSA) is 86.5 Å². The van der Waals surface area contributed by atoms with Crippen molar-refractivity contribution in [3.05, 3.63) is 42.9 Å². The number of carbonyl (C=O) groups excluding carboxylic acids is 1. The Hall–Kier alpha value is -3.22. The number of carbonyl (C=O) groups is 1. The van der Waals surface area contributed by atoms with Crippen LogP contribution < -0.4 is 5.32 Å². The summed E-state index contributed by atoms with van der Waals surface area (Å²) >= 11 is 0. The van der Waals surface area contributed by atoms with Gasteiger partial charge in [-0.05, 0) is 36.2 Å². The largest absolute Gasteiger partial charge is 0.345 e. The standard InChI is InChI=1S/C18H14FN5O/c19-13-6-11(13)18(25)24-16-4-2-10-12(7-20-17(10)23-16)9-1-3-14-15(5-9)22-8-21-14/h1-5,7-8,11,13H,6H2,(H,21,22)(H2,20,23,24,25)/t11-,13+/m1/s1. The van der Waals surface area contributed by atoms with Gasteiger partial charge in [0.2, 0.25) is 5.91 Å². The van der Waals surface area contributed by atoms with E-state index in [9.17, 15) is 9.18 Å². The van der Waals surface area contributed by atoms with Gasteiger partial charge in [-0.15, -0.1) is 0 Å². The number of aromatic amines is 2. The molecule has 1 saturated carbocycles. The van der Waals surface area contributed by atoms with Crippen LogP contribution in [-0.2, 0) is 4.79 Å². The average Bonchev–Trinajstić information content (AvgIpc) is 3.02. The lowest BCUT2D eigenvalue weighted by molar-refractivity contribution is -0.117. The Labute approximate surface area is 141 Å². The third kappa shape index (κ3) is 2.36. The van der Waals surface area contributed by atoms with Crippen molar-refractivity contribution in [2.45, 2.75) is 12.6 Å². The molecule has 2 atom stereocenters. The molecule has 3 N–H and O–H groups in total. The Morgan fingerprint density at radius 2 is 2.12 bits per heavy atom. The molecule has 1 fully saturated rings. The quantitative estimate of drug-likeness (QED) is 0.536. The second kappa shape index (κ2) is 5.14. The van der Waals surface area contributed by atoms with Crippen LogP contribution in [0.5, 0.6) is 0 Å². The minimum Gasteiger partial charge on any atom is -0.345 e. The lowest BCUT2D eigenvalue weighted by atomic mass is 10.1. The highest BCUT2D eigenvalue weighted by Crippen LogP contribution is 2.35. The first kappa shape index (κ1) is 14.2. The second-order valence-electron chi connectivity index (χ2n) is 6.28. The van der Waals surface area contributed by atoms with Crippen LogP contribution in [0.25, 0.3) is 33.2 Å². The lowest BCUT2D eigenvalue weighted by Gasteiger charge is -2.04. The molecule has 0 aliphatic heterocycles. The van der Waals surface area contributed by atoms with Crippen molar-refractivity contribution >= 4 is 33.8 Å². The van der Waals surface area contributed by atoms with Crippen LogP contribution in [0.3, 0.4) is 0 Å². The summed E-state index contributed by atoms with van der Waals surface area (Å²) in [5, 5.41) is 3.62. The SMILES string of the molecule is O=C(Nc1ccc2c(-c3ccc4[nH]cnc4c3)c[nH]c2n1)[C@@H]1C[C@@H]1F. The number of imidazole rings is 1. The van der Waals surface area contributed by atoms with Gasteiger partial charge in [-0.2, -0.15) is 0 Å². The van der Waals surface area contributed by atoms with Crippen molar-refractivity contribution in [3.63, 3.8) is 0 Å². The summed E-state index contributed by atoms with van der Waals surface area (Å²) in [6.45, 7) is 0. The molecule has 4 aromatic rings. The number of hydrogen-bond donors (Lipinski definition) is 3. The molecule has 1 aliphatic carbocycles. The molecule has 0 bridgehead atoms. The van der Waals surface area contributed by atoms with E-state index in [1.165, 1.54) is 0 Å². The molecule has 1 aliphatic rings. The van der Waals surface area contributed by atoms with Crippen LogP contribution in [-0.4, -0.2) is 32.0 Å². The monoisotopic (exact) mass is 335 g/mol. The molecule has 6 nitrogen and oxygen atoms in total. The number of halogens is 1. The number of benzene rings is 1. The van der Waals surface area contributed by atoms with Crippen LogP contribution in [0, 0.1) is 5.92 Å². The van der Waals surface area contributed by atoms with Gasteiger partial charge in [0.15, 0.2) is 0 Å². The lowest BCUT2D eigenvalue weighted by Crippen LogP contribution is -2.15. The first-order chi connectivity index (χ1) is 12.2. The number of amides is 1. The normalized spacial score (nSPS) is 19.4. The number of fused-ring (bicyclic) bond motifs is 2. The molecule has 25 heavy (non-hydrogen) atoms. The fraction of sp³-hybridized carbons (Fsp3) is 0.167. The van der Waals surface area contributed by atoms with Gasteiger partial charge in [0.1, 0.15) is 17.6 Å². The molecule has 1 aromatic carbocycles. The van der Waals surface area contributed by atoms with Crippen LogP contribution in [0.15, 0.2) is 42.9 Å². The number of anilines is 1. The smallest absolute Gasteiger partial charge is 0.231 e. The average molecular weight is 335 g/mol. The molecule has 0 unspecified atom stereocenters. The first-order valence-electron chi connectivity index (χ1n) is 8.05. The maximum Gasteiger partial charge on any atom is 0.231 e. The van der Waals surface area contributed by atoms with Crippen LogP contribution in [0.1, 0.15) is 6.42 Å². The molecule has 124 valence electrons. The summed E-state index contributed by atoms with van der Waals surface area (Å²) in [5.41, 5.74) is 4.59. The zero-order chi connectivity index (χ0) is 17.0. The zero-order valence-electron chi connectivity index (χ0n) is 13.1. The van der Waals surface area contributed by atoms with Gasteiger partial charge in [-0.1, -0.05) is 6.07 Å². The highest BCUT2D eigenvalue weighted by atomic mass is 19.1. The number of pyridine rings is 1. The molecule has 0 saturated heterocycles. The van der Waals surface area contributed by atoms with Gasteiger partial charge in [-0.3, -0.25) is 4.79 Å². The summed E-state index contributed by atoms with van der Waals surface area (Å²) in [4.78, 5) is 26.7. The summed E-state index contributed by atoms with van der Waals surface area (Å²) in [6.07, 6.45) is 2.84. The summed E-state index contributed by atoms with van der Waals surface area (Å²) in [6, 6.07) is 9.66. The van der Waals surface area contributed by atoms with E-state index >= 15 is 0 Å². The number of rotatable bonds is 3. The number of alkyl halides is 1. The van der Waals surface area contributed by atoms with E-state index in [2.05, 4.69) is 25.3 Å². The zero-order valence-corrected chi connectivity index (χ0v) is 13.1. The first-order valence-corrected chi connectivity index (χ1v) is 8.05. The predicted molar refractivity (Wildman–Crippen MR) is 92.8 cm³/mol. The Morgan fingerprint density at radius 1 is 1.24 bits per heavy atom. The molecule has 0 spiro atoms. The Morgan fingerprint density at radius 3 is 2.96 bits per heavy atom. The number of nitrogens with one attached hydrogen (secondary N) is 3. The molecular weight excluding hydrogens is 321 g/mol. The Balaban J connectivity index is 1.49. The highest BCUT2D eigenvalue weighted by Gasteiger charge is 2.43. The van der Waals surface area contributed by atoms with Crippen molar-refractivity contribution in [1.29, 1.82) is 0 Å². The number of H-pyrrole nitrogens is 2. The van der Waals surface area contributed by atoms with Gasteiger partial charge in [0, 0.05) is 17.1 Å². The van der Waals surface area contributed by atoms with Gasteiger partial charge in [-0.25, -0.2) is 14.4 Å². The fourth-order valence-corrected chi connectivity index (χ4v) is 3.07. The highest BCUT2D eigenvalue weighted by molar-refractivity contribution is 5.98. The molecule has 5 rings (SSSR count). The minimum absolute atomic E-state index is 0.302. The van der Waals surface area contributed by atoms with E-state index in [1.807, 2.05) is 30.5 Å². The summed E-state index contributed by atoms with van der Waals surface area (Å²) in [7, 11) is 0. The molecule has 1 amide bonds. The van der Waals surface area contributed by atoms with E-state index < -0.39 is 12.1 Å². The van der Waals surface area contributed by atoms with Crippen molar-refractivity contribution in [1.82, 2.24) is 19.9 Å². The second-order valence-corrected chi connectivity index (χ2v) is 6.28. The van der Waals surface area contributed by atoms with Gasteiger partial charge in [0.25, 0.3) is 0 Å². The summed E-state index contributed by atoms with van der Waals surface area (Å²) < 4.78 is 13.0. The maximum atomic E-state index is 13.0. The van der Waals surface area contributed by atoms with Crippen LogP contribution in [0.4, 0.5) is 10.2 Å². The summed E-state index contributed by atoms with van der Waals surface area (Å²) in [5.74, 6) is -0.417. The molecule has 7 heteroatoms. The minimum atomic E-state index is -1.02. The predicted octanol–water partition coefficient (Wildman–Crippen LogP) is 3.40. The van der Waals surface area contributed by atoms with Crippen molar-refractivity contribution in [2.75, 3.05) is 5.32 Å². The molecular formula is C18H14FN5O. The molecule has 3 aromatic heterocycles. The van der Waals surface area contributed by atoms with E-state index in [0.29, 0.717) is 17.9 Å². The number of nitrogens with zero attached hydrogens (tertiary/aromatic N) is 2. The molecule has 0 radical (unpaired) electrons. The van der Waals surface area contributed by atoms with Crippen LogP contribution >= 0.6 is 0 Å². The number of aromatic nitrogens is 4. The maximum absolute atomic E-state index is 13.0. The fourth-order valence-electron chi connectivity index (χ4n) is 3.07. The van der Waals surface area contributed by atoms with E-state index in [1.54, 1.807) is 12.4 Å². The van der Waals surface area contributed by atoms with E-state index in [4.69, 9.17) is 0 Å². The third-order valence-corrected chi connectivity index (χ3v) is 4.57. The Bertz CT molecular complexity index is 1120. The van der Waals surface area contributed by atoms with Crippen molar-refractivity contribution in [2.24, 2.45) is 5.92 Å². The third-order valence-electron chi connectivity index (χ3n) is 4.57. The number of hydrogen-bond acceptors (Lipinski definition) is 3.